The third-order valence-corrected chi connectivity index (χ3v) is 3.69. The summed E-state index contributed by atoms with van der Waals surface area (Å²) in [7, 11) is 3.11. The van der Waals surface area contributed by atoms with Gasteiger partial charge in [-0.3, -0.25) is 4.79 Å². The van der Waals surface area contributed by atoms with Gasteiger partial charge in [-0.25, -0.2) is 4.79 Å². The standard InChI is InChI=1S/C20H23NO6/c1-4-26-12-15-11-14(5-10-18(15)25-3)20(23)27-13-19(22)21-16-6-8-17(24-2)9-7-16/h5-11H,4,12-13H2,1-3H3,(H,21,22). The minimum Gasteiger partial charge on any atom is -0.497 e. The van der Waals surface area contributed by atoms with Crippen LogP contribution in [-0.4, -0.2) is 39.3 Å². The van der Waals surface area contributed by atoms with Crippen LogP contribution in [0.5, 0.6) is 11.5 Å². The number of hydrogen-bond donors (Lipinski definition) is 1. The second kappa shape index (κ2) is 10.2. The monoisotopic (exact) mass is 373 g/mol. The highest BCUT2D eigenvalue weighted by atomic mass is 16.5. The van der Waals surface area contributed by atoms with E-state index in [2.05, 4.69) is 5.32 Å². The fourth-order valence-electron chi connectivity index (χ4n) is 2.32. The minimum absolute atomic E-state index is 0.318. The second-order valence-corrected chi connectivity index (χ2v) is 5.52. The molecule has 0 heterocycles. The molecule has 0 fully saturated rings. The van der Waals surface area contributed by atoms with E-state index in [0.29, 0.717) is 36.0 Å². The van der Waals surface area contributed by atoms with Gasteiger partial charge in [0.05, 0.1) is 26.4 Å². The van der Waals surface area contributed by atoms with Gasteiger partial charge in [-0.15, -0.1) is 0 Å². The van der Waals surface area contributed by atoms with Crippen molar-refractivity contribution in [3.8, 4) is 11.5 Å². The van der Waals surface area contributed by atoms with Crippen molar-refractivity contribution in [2.75, 3.05) is 32.8 Å². The van der Waals surface area contributed by atoms with Gasteiger partial charge in [0.15, 0.2) is 6.61 Å². The number of methoxy groups -OCH3 is 2. The van der Waals surface area contributed by atoms with E-state index < -0.39 is 18.5 Å². The molecule has 7 heteroatoms. The molecule has 0 saturated carbocycles. The molecule has 1 N–H and O–H groups in total. The van der Waals surface area contributed by atoms with Crippen LogP contribution in [0.2, 0.25) is 0 Å². The van der Waals surface area contributed by atoms with Crippen molar-refractivity contribution in [1.29, 1.82) is 0 Å². The van der Waals surface area contributed by atoms with Crippen molar-refractivity contribution >= 4 is 17.6 Å². The summed E-state index contributed by atoms with van der Waals surface area (Å²) < 4.78 is 20.8. The fourth-order valence-corrected chi connectivity index (χ4v) is 2.32. The SMILES string of the molecule is CCOCc1cc(C(=O)OCC(=O)Nc2ccc(OC)cc2)ccc1OC. The van der Waals surface area contributed by atoms with Crippen LogP contribution in [0.1, 0.15) is 22.8 Å². The number of esters is 1. The summed E-state index contributed by atoms with van der Waals surface area (Å²) >= 11 is 0. The first-order valence-corrected chi connectivity index (χ1v) is 8.43. The number of carbonyl (C=O) groups excluding carboxylic acids is 2. The van der Waals surface area contributed by atoms with Crippen LogP contribution in [0.25, 0.3) is 0 Å². The Morgan fingerprint density at radius 1 is 1.00 bits per heavy atom. The van der Waals surface area contributed by atoms with E-state index in [9.17, 15) is 9.59 Å². The van der Waals surface area contributed by atoms with E-state index in [4.69, 9.17) is 18.9 Å². The van der Waals surface area contributed by atoms with Crippen molar-refractivity contribution in [1.82, 2.24) is 0 Å². The Hall–Kier alpha value is -3.06. The molecule has 0 spiro atoms. The Morgan fingerprint density at radius 2 is 1.74 bits per heavy atom. The lowest BCUT2D eigenvalue weighted by Gasteiger charge is -2.11. The molecule has 0 unspecified atom stereocenters. The zero-order valence-electron chi connectivity index (χ0n) is 15.6. The summed E-state index contributed by atoms with van der Waals surface area (Å²) in [4.78, 5) is 24.2. The van der Waals surface area contributed by atoms with E-state index in [1.165, 1.54) is 0 Å². The van der Waals surface area contributed by atoms with Crippen LogP contribution < -0.4 is 14.8 Å². The first-order valence-electron chi connectivity index (χ1n) is 8.43. The summed E-state index contributed by atoms with van der Waals surface area (Å²) in [5.74, 6) is 0.274. The molecule has 0 saturated heterocycles. The van der Waals surface area contributed by atoms with E-state index in [1.807, 2.05) is 6.92 Å². The number of anilines is 1. The van der Waals surface area contributed by atoms with Gasteiger partial charge in [-0.1, -0.05) is 0 Å². The molecule has 0 aliphatic carbocycles. The van der Waals surface area contributed by atoms with Gasteiger partial charge in [0.1, 0.15) is 11.5 Å². The van der Waals surface area contributed by atoms with Crippen LogP contribution in [0.15, 0.2) is 42.5 Å². The average Bonchev–Trinajstić information content (AvgIpc) is 2.70. The Labute approximate surface area is 158 Å². The van der Waals surface area contributed by atoms with Crippen molar-refractivity contribution in [3.05, 3.63) is 53.6 Å². The Morgan fingerprint density at radius 3 is 2.37 bits per heavy atom. The maximum absolute atomic E-state index is 12.2. The molecule has 144 valence electrons. The summed E-state index contributed by atoms with van der Waals surface area (Å²) in [5.41, 5.74) is 1.64. The highest BCUT2D eigenvalue weighted by molar-refractivity contribution is 5.95. The van der Waals surface area contributed by atoms with Crippen LogP contribution in [-0.2, 0) is 20.9 Å². The van der Waals surface area contributed by atoms with Gasteiger partial charge in [0.25, 0.3) is 5.91 Å². The number of amides is 1. The highest BCUT2D eigenvalue weighted by Gasteiger charge is 2.13. The van der Waals surface area contributed by atoms with Crippen molar-refractivity contribution in [2.24, 2.45) is 0 Å². The molecule has 0 radical (unpaired) electrons. The number of nitrogens with one attached hydrogen (secondary N) is 1. The topological polar surface area (TPSA) is 83.1 Å². The molecule has 0 aliphatic rings. The first kappa shape index (κ1) is 20.3. The van der Waals surface area contributed by atoms with Crippen molar-refractivity contribution in [2.45, 2.75) is 13.5 Å². The molecular weight excluding hydrogens is 350 g/mol. The molecule has 0 bridgehead atoms. The van der Waals surface area contributed by atoms with E-state index in [0.717, 1.165) is 5.56 Å². The van der Waals surface area contributed by atoms with Crippen molar-refractivity contribution < 1.29 is 28.5 Å². The summed E-state index contributed by atoms with van der Waals surface area (Å²) in [6, 6.07) is 11.7. The fraction of sp³-hybridized carbons (Fsp3) is 0.300. The van der Waals surface area contributed by atoms with Gasteiger partial charge < -0.3 is 24.3 Å². The lowest BCUT2D eigenvalue weighted by atomic mass is 10.1. The Balaban J connectivity index is 1.92. The van der Waals surface area contributed by atoms with Gasteiger partial charge in [0, 0.05) is 17.9 Å². The van der Waals surface area contributed by atoms with Gasteiger partial charge >= 0.3 is 5.97 Å². The maximum atomic E-state index is 12.2. The van der Waals surface area contributed by atoms with Crippen LogP contribution in [0.3, 0.4) is 0 Å². The first-order chi connectivity index (χ1) is 13.1. The van der Waals surface area contributed by atoms with Gasteiger partial charge in [-0.2, -0.15) is 0 Å². The van der Waals surface area contributed by atoms with Crippen LogP contribution in [0.4, 0.5) is 5.69 Å². The summed E-state index contributed by atoms with van der Waals surface area (Å²) in [5, 5.41) is 2.65. The number of rotatable bonds is 9. The smallest absolute Gasteiger partial charge is 0.338 e. The predicted octanol–water partition coefficient (Wildman–Crippen LogP) is 3.04. The lowest BCUT2D eigenvalue weighted by molar-refractivity contribution is -0.119. The second-order valence-electron chi connectivity index (χ2n) is 5.52. The predicted molar refractivity (Wildman–Crippen MR) is 100 cm³/mol. The molecule has 0 aromatic heterocycles. The van der Waals surface area contributed by atoms with Gasteiger partial charge in [-0.05, 0) is 49.4 Å². The average molecular weight is 373 g/mol. The summed E-state index contributed by atoms with van der Waals surface area (Å²) in [6.07, 6.45) is 0. The Kier molecular flexibility index (Phi) is 7.63. The molecular formula is C20H23NO6. The largest absolute Gasteiger partial charge is 0.497 e. The third-order valence-electron chi connectivity index (χ3n) is 3.69. The molecule has 27 heavy (non-hydrogen) atoms. The molecule has 7 nitrogen and oxygen atoms in total. The molecule has 2 aromatic carbocycles. The molecule has 0 aliphatic heterocycles. The maximum Gasteiger partial charge on any atom is 0.338 e. The molecule has 1 amide bonds. The quantitative estimate of drug-likeness (QED) is 0.680. The van der Waals surface area contributed by atoms with Crippen LogP contribution in [0, 0.1) is 0 Å². The number of ether oxygens (including phenoxy) is 4. The van der Waals surface area contributed by atoms with Gasteiger partial charge in [0.2, 0.25) is 0 Å². The van der Waals surface area contributed by atoms with Crippen LogP contribution >= 0.6 is 0 Å². The number of carbonyl (C=O) groups is 2. The molecule has 2 rings (SSSR count). The minimum atomic E-state index is -0.597. The summed E-state index contributed by atoms with van der Waals surface area (Å²) in [6.45, 7) is 2.35. The third kappa shape index (κ3) is 6.00. The zero-order chi connectivity index (χ0) is 19.6. The zero-order valence-corrected chi connectivity index (χ0v) is 15.6. The van der Waals surface area contributed by atoms with Crippen molar-refractivity contribution in [3.63, 3.8) is 0 Å². The van der Waals surface area contributed by atoms with E-state index in [1.54, 1.807) is 56.7 Å². The van der Waals surface area contributed by atoms with E-state index in [-0.39, 0.29) is 0 Å². The highest BCUT2D eigenvalue weighted by Crippen LogP contribution is 2.21. The lowest BCUT2D eigenvalue weighted by Crippen LogP contribution is -2.21. The number of hydrogen-bond acceptors (Lipinski definition) is 6. The molecule has 0 atom stereocenters. The number of benzene rings is 2. The van der Waals surface area contributed by atoms with E-state index >= 15 is 0 Å². The normalized spacial score (nSPS) is 10.2. The molecule has 2 aromatic rings. The Bertz CT molecular complexity index is 773.